The van der Waals surface area contributed by atoms with Crippen molar-refractivity contribution >= 4 is 15.9 Å². The van der Waals surface area contributed by atoms with Crippen LogP contribution in [0.25, 0.3) is 0 Å². The number of nitrogens with zero attached hydrogens (tertiary/aromatic N) is 1. The Balaban J connectivity index is 2.46. The van der Waals surface area contributed by atoms with Gasteiger partial charge in [0.25, 0.3) is 0 Å². The average Bonchev–Trinajstić information content (AvgIpc) is 2.44. The highest BCUT2D eigenvalue weighted by molar-refractivity contribution is 9.10. The first-order valence-electron chi connectivity index (χ1n) is 6.08. The minimum atomic E-state index is 0.0973. The molecule has 100 valence electrons. The van der Waals surface area contributed by atoms with Gasteiger partial charge in [0, 0.05) is 10.7 Å². The quantitative estimate of drug-likeness (QED) is 0.936. The fourth-order valence-corrected chi connectivity index (χ4v) is 2.53. The van der Waals surface area contributed by atoms with Crippen molar-refractivity contribution in [3.8, 4) is 5.75 Å². The minimum absolute atomic E-state index is 0.0973. The Labute approximate surface area is 122 Å². The molecule has 0 fully saturated rings. The van der Waals surface area contributed by atoms with Gasteiger partial charge in [0.2, 0.25) is 0 Å². The van der Waals surface area contributed by atoms with E-state index in [0.717, 1.165) is 15.8 Å². The molecule has 0 saturated carbocycles. The first kappa shape index (κ1) is 14.0. The van der Waals surface area contributed by atoms with E-state index in [1.807, 2.05) is 25.4 Å². The largest absolute Gasteiger partial charge is 0.495 e. The van der Waals surface area contributed by atoms with Gasteiger partial charge in [0.05, 0.1) is 19.3 Å². The van der Waals surface area contributed by atoms with E-state index in [1.54, 1.807) is 13.3 Å². The SMILES string of the molecule is CNC(c1cncc(OC)c1)c1cccc(Br)c1C. The lowest BCUT2D eigenvalue weighted by Crippen LogP contribution is -2.19. The van der Waals surface area contributed by atoms with Crippen molar-refractivity contribution in [3.05, 3.63) is 57.8 Å². The fourth-order valence-electron chi connectivity index (χ4n) is 2.14. The van der Waals surface area contributed by atoms with Crippen LogP contribution >= 0.6 is 15.9 Å². The summed E-state index contributed by atoms with van der Waals surface area (Å²) in [5.41, 5.74) is 3.54. The van der Waals surface area contributed by atoms with E-state index in [4.69, 9.17) is 4.74 Å². The van der Waals surface area contributed by atoms with Crippen molar-refractivity contribution in [2.24, 2.45) is 0 Å². The van der Waals surface area contributed by atoms with Crippen LogP contribution in [0.3, 0.4) is 0 Å². The van der Waals surface area contributed by atoms with Crippen LogP contribution < -0.4 is 10.1 Å². The number of halogens is 1. The molecule has 0 spiro atoms. The summed E-state index contributed by atoms with van der Waals surface area (Å²) in [4.78, 5) is 4.23. The van der Waals surface area contributed by atoms with Gasteiger partial charge in [-0.2, -0.15) is 0 Å². The third kappa shape index (κ3) is 2.96. The second-order valence-electron chi connectivity index (χ2n) is 4.33. The molecule has 0 amide bonds. The molecule has 1 atom stereocenters. The number of methoxy groups -OCH3 is 1. The number of hydrogen-bond donors (Lipinski definition) is 1. The Hall–Kier alpha value is -1.39. The second-order valence-corrected chi connectivity index (χ2v) is 5.19. The number of pyridine rings is 1. The van der Waals surface area contributed by atoms with Gasteiger partial charge >= 0.3 is 0 Å². The Morgan fingerprint density at radius 1 is 1.32 bits per heavy atom. The summed E-state index contributed by atoms with van der Waals surface area (Å²) in [5, 5.41) is 3.34. The summed E-state index contributed by atoms with van der Waals surface area (Å²) in [6, 6.07) is 8.33. The van der Waals surface area contributed by atoms with Crippen molar-refractivity contribution in [1.82, 2.24) is 10.3 Å². The van der Waals surface area contributed by atoms with Crippen molar-refractivity contribution < 1.29 is 4.74 Å². The summed E-state index contributed by atoms with van der Waals surface area (Å²) in [6.45, 7) is 2.11. The summed E-state index contributed by atoms with van der Waals surface area (Å²) >= 11 is 3.58. The van der Waals surface area contributed by atoms with E-state index in [1.165, 1.54) is 11.1 Å². The smallest absolute Gasteiger partial charge is 0.137 e. The summed E-state index contributed by atoms with van der Waals surface area (Å²) < 4.78 is 6.35. The van der Waals surface area contributed by atoms with Crippen LogP contribution in [0.1, 0.15) is 22.7 Å². The molecule has 0 aliphatic heterocycles. The molecular formula is C15H17BrN2O. The van der Waals surface area contributed by atoms with E-state index in [9.17, 15) is 0 Å². The van der Waals surface area contributed by atoms with Gasteiger partial charge in [-0.05, 0) is 42.8 Å². The lowest BCUT2D eigenvalue weighted by Gasteiger charge is -2.20. The molecule has 0 radical (unpaired) electrons. The normalized spacial score (nSPS) is 12.2. The highest BCUT2D eigenvalue weighted by Gasteiger charge is 2.16. The van der Waals surface area contributed by atoms with Crippen molar-refractivity contribution in [3.63, 3.8) is 0 Å². The lowest BCUT2D eigenvalue weighted by atomic mass is 9.96. The van der Waals surface area contributed by atoms with Gasteiger partial charge in [-0.3, -0.25) is 4.98 Å². The number of aromatic nitrogens is 1. The van der Waals surface area contributed by atoms with Crippen molar-refractivity contribution in [2.75, 3.05) is 14.2 Å². The summed E-state index contributed by atoms with van der Waals surface area (Å²) in [7, 11) is 3.60. The van der Waals surface area contributed by atoms with E-state index < -0.39 is 0 Å². The van der Waals surface area contributed by atoms with E-state index in [2.05, 4.69) is 45.3 Å². The van der Waals surface area contributed by atoms with Gasteiger partial charge in [-0.1, -0.05) is 28.1 Å². The zero-order valence-corrected chi connectivity index (χ0v) is 12.9. The van der Waals surface area contributed by atoms with Gasteiger partial charge < -0.3 is 10.1 Å². The van der Waals surface area contributed by atoms with Crippen molar-refractivity contribution in [2.45, 2.75) is 13.0 Å². The number of hydrogen-bond acceptors (Lipinski definition) is 3. The number of ether oxygens (including phenoxy) is 1. The molecule has 2 aromatic rings. The predicted molar refractivity (Wildman–Crippen MR) is 80.6 cm³/mol. The van der Waals surface area contributed by atoms with Gasteiger partial charge in [-0.15, -0.1) is 0 Å². The molecule has 1 aromatic carbocycles. The molecule has 0 bridgehead atoms. The highest BCUT2D eigenvalue weighted by atomic mass is 79.9. The summed E-state index contributed by atoms with van der Waals surface area (Å²) in [5.74, 6) is 0.769. The number of rotatable bonds is 4. The van der Waals surface area contributed by atoms with Gasteiger partial charge in [0.15, 0.2) is 0 Å². The third-order valence-corrected chi connectivity index (χ3v) is 4.07. The van der Waals surface area contributed by atoms with E-state index >= 15 is 0 Å². The molecule has 1 unspecified atom stereocenters. The topological polar surface area (TPSA) is 34.2 Å². The molecule has 1 heterocycles. The van der Waals surface area contributed by atoms with Crippen LogP contribution in [0.5, 0.6) is 5.75 Å². The molecule has 0 saturated heterocycles. The highest BCUT2D eigenvalue weighted by Crippen LogP contribution is 2.29. The molecule has 1 aromatic heterocycles. The standard InChI is InChI=1S/C15H17BrN2O/c1-10-13(5-4-6-14(10)16)15(17-2)11-7-12(19-3)9-18-8-11/h4-9,15,17H,1-3H3. The number of nitrogens with one attached hydrogen (secondary N) is 1. The third-order valence-electron chi connectivity index (χ3n) is 3.21. The fraction of sp³-hybridized carbons (Fsp3) is 0.267. The predicted octanol–water partition coefficient (Wildman–Crippen LogP) is 3.47. The first-order valence-corrected chi connectivity index (χ1v) is 6.88. The Kier molecular flexibility index (Phi) is 4.56. The maximum Gasteiger partial charge on any atom is 0.137 e. The van der Waals surface area contributed by atoms with Crippen LogP contribution in [-0.2, 0) is 0 Å². The molecule has 2 rings (SSSR count). The zero-order chi connectivity index (χ0) is 13.8. The molecule has 0 aliphatic carbocycles. The Morgan fingerprint density at radius 3 is 2.79 bits per heavy atom. The van der Waals surface area contributed by atoms with Crippen molar-refractivity contribution in [1.29, 1.82) is 0 Å². The van der Waals surface area contributed by atoms with Crippen LogP contribution in [-0.4, -0.2) is 19.1 Å². The zero-order valence-electron chi connectivity index (χ0n) is 11.3. The van der Waals surface area contributed by atoms with E-state index in [0.29, 0.717) is 0 Å². The lowest BCUT2D eigenvalue weighted by molar-refractivity contribution is 0.411. The average molecular weight is 321 g/mol. The summed E-state index contributed by atoms with van der Waals surface area (Å²) in [6.07, 6.45) is 3.58. The Morgan fingerprint density at radius 2 is 2.11 bits per heavy atom. The monoisotopic (exact) mass is 320 g/mol. The van der Waals surface area contributed by atoms with E-state index in [-0.39, 0.29) is 6.04 Å². The molecule has 3 nitrogen and oxygen atoms in total. The molecule has 1 N–H and O–H groups in total. The van der Waals surface area contributed by atoms with Crippen LogP contribution in [0.4, 0.5) is 0 Å². The molecular weight excluding hydrogens is 304 g/mol. The molecule has 19 heavy (non-hydrogen) atoms. The van der Waals surface area contributed by atoms with Gasteiger partial charge in [-0.25, -0.2) is 0 Å². The van der Waals surface area contributed by atoms with Crippen LogP contribution in [0.2, 0.25) is 0 Å². The molecule has 4 heteroatoms. The second kappa shape index (κ2) is 6.17. The Bertz CT molecular complexity index is 572. The molecule has 0 aliphatic rings. The van der Waals surface area contributed by atoms with Crippen LogP contribution in [0.15, 0.2) is 41.1 Å². The maximum absolute atomic E-state index is 5.24. The van der Waals surface area contributed by atoms with Gasteiger partial charge in [0.1, 0.15) is 5.75 Å². The van der Waals surface area contributed by atoms with Crippen LogP contribution in [0, 0.1) is 6.92 Å². The minimum Gasteiger partial charge on any atom is -0.495 e. The first-order chi connectivity index (χ1) is 9.17. The number of benzene rings is 1. The maximum atomic E-state index is 5.24.